The zero-order chi connectivity index (χ0) is 7.98. The van der Waals surface area contributed by atoms with Gasteiger partial charge in [0, 0.05) is 6.54 Å². The number of nitrogens with zero attached hydrogens (tertiary/aromatic N) is 2. The van der Waals surface area contributed by atoms with Gasteiger partial charge in [-0.2, -0.15) is 5.26 Å². The summed E-state index contributed by atoms with van der Waals surface area (Å²) in [6, 6.07) is 0. The number of hydrogen-bond acceptors (Lipinski definition) is 4. The van der Waals surface area contributed by atoms with Gasteiger partial charge >= 0.3 is 5.97 Å². The molecule has 0 saturated heterocycles. The zero-order valence-corrected chi connectivity index (χ0v) is 6.13. The standard InChI is InChI=1S/C6H10N2O2/c1-3-8(5-7)4-6(9)10-2/h3-4H2,1-2H3. The highest BCUT2D eigenvalue weighted by Crippen LogP contribution is 1.84. The summed E-state index contributed by atoms with van der Waals surface area (Å²) < 4.78 is 4.35. The van der Waals surface area contributed by atoms with E-state index in [0.29, 0.717) is 6.54 Å². The molecule has 0 aromatic heterocycles. The van der Waals surface area contributed by atoms with Crippen molar-refractivity contribution in [3.8, 4) is 6.19 Å². The lowest BCUT2D eigenvalue weighted by Crippen LogP contribution is -2.25. The van der Waals surface area contributed by atoms with E-state index in [9.17, 15) is 4.79 Å². The van der Waals surface area contributed by atoms with Gasteiger partial charge < -0.3 is 4.74 Å². The first-order valence-corrected chi connectivity index (χ1v) is 2.96. The number of carbonyl (C=O) groups excluding carboxylic acids is 1. The van der Waals surface area contributed by atoms with Gasteiger partial charge in [0.05, 0.1) is 7.11 Å². The monoisotopic (exact) mass is 142 g/mol. The fourth-order valence-corrected chi connectivity index (χ4v) is 0.438. The van der Waals surface area contributed by atoms with Crippen LogP contribution in [0.2, 0.25) is 0 Å². The molecule has 0 aromatic rings. The van der Waals surface area contributed by atoms with Crippen molar-refractivity contribution in [2.24, 2.45) is 0 Å². The Bertz CT molecular complexity index is 150. The Morgan fingerprint density at radius 1 is 1.80 bits per heavy atom. The van der Waals surface area contributed by atoms with Crippen LogP contribution in [0, 0.1) is 11.5 Å². The predicted molar refractivity (Wildman–Crippen MR) is 34.9 cm³/mol. The number of likely N-dealkylation sites (N-methyl/N-ethyl adjacent to an activating group) is 1. The number of methoxy groups -OCH3 is 1. The second-order valence-electron chi connectivity index (χ2n) is 1.69. The molecular formula is C6H10N2O2. The predicted octanol–water partition coefficient (Wildman–Crippen LogP) is -0.0376. The van der Waals surface area contributed by atoms with Crippen molar-refractivity contribution < 1.29 is 9.53 Å². The van der Waals surface area contributed by atoms with Gasteiger partial charge in [-0.3, -0.25) is 9.69 Å². The molecule has 10 heavy (non-hydrogen) atoms. The van der Waals surface area contributed by atoms with Crippen molar-refractivity contribution >= 4 is 5.97 Å². The quantitative estimate of drug-likeness (QED) is 0.315. The normalized spacial score (nSPS) is 8.10. The van der Waals surface area contributed by atoms with Gasteiger partial charge in [-0.05, 0) is 6.92 Å². The van der Waals surface area contributed by atoms with Crippen LogP contribution in [0.15, 0.2) is 0 Å². The SMILES string of the molecule is CCN(C#N)CC(=O)OC. The Kier molecular flexibility index (Phi) is 4.05. The Morgan fingerprint density at radius 2 is 2.40 bits per heavy atom. The highest BCUT2D eigenvalue weighted by molar-refractivity contribution is 5.71. The lowest BCUT2D eigenvalue weighted by Gasteiger charge is -2.09. The molecular weight excluding hydrogens is 132 g/mol. The van der Waals surface area contributed by atoms with E-state index in [1.807, 2.05) is 6.19 Å². The Labute approximate surface area is 60.0 Å². The summed E-state index contributed by atoms with van der Waals surface area (Å²) in [7, 11) is 1.30. The van der Waals surface area contributed by atoms with E-state index in [4.69, 9.17) is 5.26 Å². The highest BCUT2D eigenvalue weighted by atomic mass is 16.5. The van der Waals surface area contributed by atoms with Crippen molar-refractivity contribution in [1.82, 2.24) is 4.90 Å². The topological polar surface area (TPSA) is 53.3 Å². The van der Waals surface area contributed by atoms with E-state index < -0.39 is 0 Å². The summed E-state index contributed by atoms with van der Waals surface area (Å²) >= 11 is 0. The second-order valence-corrected chi connectivity index (χ2v) is 1.69. The highest BCUT2D eigenvalue weighted by Gasteiger charge is 2.04. The molecule has 0 aliphatic heterocycles. The van der Waals surface area contributed by atoms with Crippen LogP contribution in [0.25, 0.3) is 0 Å². The van der Waals surface area contributed by atoms with E-state index in [1.54, 1.807) is 6.92 Å². The van der Waals surface area contributed by atoms with E-state index in [-0.39, 0.29) is 12.5 Å². The van der Waals surface area contributed by atoms with Gasteiger partial charge in [0.2, 0.25) is 0 Å². The summed E-state index contributed by atoms with van der Waals surface area (Å²) in [5.41, 5.74) is 0. The summed E-state index contributed by atoms with van der Waals surface area (Å²) in [5.74, 6) is -0.386. The van der Waals surface area contributed by atoms with Gasteiger partial charge in [-0.25, -0.2) is 0 Å². The van der Waals surface area contributed by atoms with Gasteiger partial charge in [-0.15, -0.1) is 0 Å². The van der Waals surface area contributed by atoms with Crippen LogP contribution >= 0.6 is 0 Å². The smallest absolute Gasteiger partial charge is 0.326 e. The van der Waals surface area contributed by atoms with E-state index >= 15 is 0 Å². The molecule has 0 amide bonds. The van der Waals surface area contributed by atoms with Crippen molar-refractivity contribution in [1.29, 1.82) is 5.26 Å². The summed E-state index contributed by atoms with van der Waals surface area (Å²) in [4.78, 5) is 11.8. The Morgan fingerprint density at radius 3 is 2.70 bits per heavy atom. The Balaban J connectivity index is 3.66. The lowest BCUT2D eigenvalue weighted by atomic mass is 10.5. The number of rotatable bonds is 3. The third-order valence-electron chi connectivity index (χ3n) is 1.07. The first kappa shape index (κ1) is 8.76. The zero-order valence-electron chi connectivity index (χ0n) is 6.13. The van der Waals surface area contributed by atoms with Crippen LogP contribution in [0.1, 0.15) is 6.92 Å². The maximum atomic E-state index is 10.5. The van der Waals surface area contributed by atoms with Gasteiger partial charge in [0.15, 0.2) is 6.19 Å². The first-order chi connectivity index (χ1) is 4.74. The van der Waals surface area contributed by atoms with Gasteiger partial charge in [0.25, 0.3) is 0 Å². The van der Waals surface area contributed by atoms with E-state index in [2.05, 4.69) is 4.74 Å². The molecule has 4 nitrogen and oxygen atoms in total. The number of hydrogen-bond donors (Lipinski definition) is 0. The van der Waals surface area contributed by atoms with Crippen LogP contribution in [0.5, 0.6) is 0 Å². The molecule has 0 bridgehead atoms. The van der Waals surface area contributed by atoms with Gasteiger partial charge in [-0.1, -0.05) is 0 Å². The largest absolute Gasteiger partial charge is 0.468 e. The fourth-order valence-electron chi connectivity index (χ4n) is 0.438. The minimum Gasteiger partial charge on any atom is -0.468 e. The Hall–Kier alpha value is -1.24. The third-order valence-corrected chi connectivity index (χ3v) is 1.07. The van der Waals surface area contributed by atoms with Crippen molar-refractivity contribution in [2.45, 2.75) is 6.92 Å². The maximum absolute atomic E-state index is 10.5. The minimum absolute atomic E-state index is 0.0451. The summed E-state index contributed by atoms with van der Waals surface area (Å²) in [6.45, 7) is 2.38. The molecule has 0 unspecified atom stereocenters. The molecule has 0 N–H and O–H groups in total. The molecule has 0 aliphatic carbocycles. The number of nitriles is 1. The molecule has 56 valence electrons. The molecule has 0 saturated carbocycles. The maximum Gasteiger partial charge on any atom is 0.326 e. The third kappa shape index (κ3) is 2.92. The van der Waals surface area contributed by atoms with Gasteiger partial charge in [0.1, 0.15) is 6.54 Å². The molecule has 0 fully saturated rings. The molecule has 4 heteroatoms. The lowest BCUT2D eigenvalue weighted by molar-refractivity contribution is -0.141. The van der Waals surface area contributed by atoms with Crippen LogP contribution in [-0.2, 0) is 9.53 Å². The molecule has 0 heterocycles. The van der Waals surface area contributed by atoms with Crippen LogP contribution in [-0.4, -0.2) is 31.1 Å². The van der Waals surface area contributed by atoms with E-state index in [1.165, 1.54) is 12.0 Å². The number of ether oxygens (including phenoxy) is 1. The molecule has 0 rings (SSSR count). The summed E-state index contributed by atoms with van der Waals surface area (Å²) in [5, 5.41) is 8.34. The molecule has 0 spiro atoms. The van der Waals surface area contributed by atoms with Crippen molar-refractivity contribution in [2.75, 3.05) is 20.2 Å². The van der Waals surface area contributed by atoms with Crippen molar-refractivity contribution in [3.05, 3.63) is 0 Å². The average molecular weight is 142 g/mol. The van der Waals surface area contributed by atoms with Crippen LogP contribution in [0.3, 0.4) is 0 Å². The fraction of sp³-hybridized carbons (Fsp3) is 0.667. The van der Waals surface area contributed by atoms with Crippen molar-refractivity contribution in [3.63, 3.8) is 0 Å². The van der Waals surface area contributed by atoms with E-state index in [0.717, 1.165) is 0 Å². The number of carbonyl (C=O) groups is 1. The molecule has 0 radical (unpaired) electrons. The number of esters is 1. The minimum atomic E-state index is -0.386. The second kappa shape index (κ2) is 4.62. The molecule has 0 atom stereocenters. The average Bonchev–Trinajstić information content (AvgIpc) is 1.99. The van der Waals surface area contributed by atoms with Crippen LogP contribution in [0.4, 0.5) is 0 Å². The molecule has 0 aliphatic rings. The van der Waals surface area contributed by atoms with Crippen LogP contribution < -0.4 is 0 Å². The summed E-state index contributed by atoms with van der Waals surface area (Å²) in [6.07, 6.45) is 1.85. The first-order valence-electron chi connectivity index (χ1n) is 2.96. The molecule has 0 aromatic carbocycles.